The zero-order valence-electron chi connectivity index (χ0n) is 14.0. The minimum Gasteiger partial charge on any atom is -0.465 e. The maximum Gasteiger partial charge on any atom is 0.310 e. The van der Waals surface area contributed by atoms with E-state index in [9.17, 15) is 9.59 Å². The fraction of sp³-hybridized carbons (Fsp3) is 0.889. The van der Waals surface area contributed by atoms with E-state index in [1.807, 2.05) is 0 Å². The number of unbranched alkanes of at least 4 members (excludes halogenated alkanes) is 2. The summed E-state index contributed by atoms with van der Waals surface area (Å²) in [7, 11) is 0. The number of ether oxygens (including phenoxy) is 2. The summed E-state index contributed by atoms with van der Waals surface area (Å²) in [6.45, 7) is 5.09. The maximum absolute atomic E-state index is 12.5. The number of carbonyl (C=O) groups is 2. The van der Waals surface area contributed by atoms with E-state index < -0.39 is 0 Å². The Balaban J connectivity index is 1.99. The number of rotatable bonds is 8. The molecule has 0 amide bonds. The molecule has 0 aromatic carbocycles. The van der Waals surface area contributed by atoms with Gasteiger partial charge in [-0.3, -0.25) is 9.59 Å². The molecule has 0 aromatic rings. The number of esters is 2. The van der Waals surface area contributed by atoms with Crippen LogP contribution in [0.5, 0.6) is 0 Å². The van der Waals surface area contributed by atoms with Gasteiger partial charge in [-0.25, -0.2) is 0 Å². The number of hydrogen-bond acceptors (Lipinski definition) is 4. The number of carbonyl (C=O) groups excluding carboxylic acids is 2. The molecule has 2 bridgehead atoms. The topological polar surface area (TPSA) is 52.6 Å². The summed E-state index contributed by atoms with van der Waals surface area (Å²) in [5.74, 6) is -0.247. The molecule has 126 valence electrons. The molecule has 0 saturated heterocycles. The van der Waals surface area contributed by atoms with Gasteiger partial charge < -0.3 is 9.47 Å². The molecule has 4 nitrogen and oxygen atoms in total. The van der Waals surface area contributed by atoms with Crippen LogP contribution in [0.3, 0.4) is 0 Å². The van der Waals surface area contributed by atoms with Crippen molar-refractivity contribution in [1.29, 1.82) is 0 Å². The molecular formula is C18H30O4. The van der Waals surface area contributed by atoms with Gasteiger partial charge in [-0.05, 0) is 50.4 Å². The fourth-order valence-corrected chi connectivity index (χ4v) is 3.95. The van der Waals surface area contributed by atoms with Crippen LogP contribution < -0.4 is 0 Å². The Morgan fingerprint density at radius 2 is 1.14 bits per heavy atom. The molecule has 2 unspecified atom stereocenters. The highest BCUT2D eigenvalue weighted by molar-refractivity contribution is 5.83. The molecule has 3 aliphatic rings. The zero-order valence-corrected chi connectivity index (χ0v) is 14.0. The molecule has 3 saturated carbocycles. The highest BCUT2D eigenvalue weighted by Gasteiger charge is 2.51. The Labute approximate surface area is 133 Å². The van der Waals surface area contributed by atoms with E-state index in [1.165, 1.54) is 0 Å². The van der Waals surface area contributed by atoms with Gasteiger partial charge in [-0.2, -0.15) is 0 Å². The third-order valence-electron chi connectivity index (χ3n) is 5.25. The molecule has 0 N–H and O–H groups in total. The second-order valence-electron chi connectivity index (χ2n) is 6.77. The summed E-state index contributed by atoms with van der Waals surface area (Å²) < 4.78 is 10.9. The van der Waals surface area contributed by atoms with Crippen LogP contribution in [-0.4, -0.2) is 25.2 Å². The predicted molar refractivity (Wildman–Crippen MR) is 84.2 cm³/mol. The fourth-order valence-electron chi connectivity index (χ4n) is 3.95. The second-order valence-corrected chi connectivity index (χ2v) is 6.77. The summed E-state index contributed by atoms with van der Waals surface area (Å²) in [6.07, 6.45) is 8.00. The van der Waals surface area contributed by atoms with Crippen LogP contribution in [-0.2, 0) is 19.1 Å². The molecular weight excluding hydrogens is 280 g/mol. The standard InChI is InChI=1S/C18H30O4/c1-3-5-11-21-17(19)15-13-7-9-14(10-8-13)16(15)18(20)22-12-6-4-2/h13-16H,3-12H2,1-2H3. The second kappa shape index (κ2) is 8.54. The van der Waals surface area contributed by atoms with Gasteiger partial charge in [0.25, 0.3) is 0 Å². The van der Waals surface area contributed by atoms with Gasteiger partial charge in [0.05, 0.1) is 25.0 Å². The van der Waals surface area contributed by atoms with E-state index in [0.717, 1.165) is 51.4 Å². The van der Waals surface area contributed by atoms with Crippen LogP contribution in [0.25, 0.3) is 0 Å². The molecule has 0 radical (unpaired) electrons. The van der Waals surface area contributed by atoms with Crippen molar-refractivity contribution >= 4 is 11.9 Å². The average Bonchev–Trinajstić information content (AvgIpc) is 2.55. The highest BCUT2D eigenvalue weighted by Crippen LogP contribution is 2.49. The third-order valence-corrected chi connectivity index (χ3v) is 5.25. The number of fused-ring (bicyclic) bond motifs is 3. The lowest BCUT2D eigenvalue weighted by molar-refractivity contribution is -0.173. The molecule has 4 heteroatoms. The van der Waals surface area contributed by atoms with Crippen molar-refractivity contribution in [2.45, 2.75) is 65.2 Å². The molecule has 0 spiro atoms. The van der Waals surface area contributed by atoms with Gasteiger partial charge >= 0.3 is 11.9 Å². The monoisotopic (exact) mass is 310 g/mol. The van der Waals surface area contributed by atoms with Gasteiger partial charge in [0.2, 0.25) is 0 Å². The van der Waals surface area contributed by atoms with Crippen LogP contribution in [0.2, 0.25) is 0 Å². The van der Waals surface area contributed by atoms with E-state index >= 15 is 0 Å². The quantitative estimate of drug-likeness (QED) is 0.506. The van der Waals surface area contributed by atoms with E-state index in [0.29, 0.717) is 25.0 Å². The minimum absolute atomic E-state index is 0.166. The van der Waals surface area contributed by atoms with Gasteiger partial charge in [-0.1, -0.05) is 26.7 Å². The van der Waals surface area contributed by atoms with Gasteiger partial charge in [0, 0.05) is 0 Å². The smallest absolute Gasteiger partial charge is 0.310 e. The number of hydrogen-bond donors (Lipinski definition) is 0. The Kier molecular flexibility index (Phi) is 6.71. The zero-order chi connectivity index (χ0) is 15.9. The Hall–Kier alpha value is -1.06. The molecule has 0 aliphatic heterocycles. The van der Waals surface area contributed by atoms with E-state index in [2.05, 4.69) is 13.8 Å². The average molecular weight is 310 g/mol. The highest BCUT2D eigenvalue weighted by atomic mass is 16.5. The van der Waals surface area contributed by atoms with Crippen molar-refractivity contribution in [3.8, 4) is 0 Å². The van der Waals surface area contributed by atoms with E-state index in [-0.39, 0.29) is 23.8 Å². The van der Waals surface area contributed by atoms with Crippen LogP contribution in [0.1, 0.15) is 65.2 Å². The van der Waals surface area contributed by atoms with Crippen molar-refractivity contribution in [1.82, 2.24) is 0 Å². The normalized spacial score (nSPS) is 30.1. The SMILES string of the molecule is CCCCOC(=O)C1C2CCC(CC2)C1C(=O)OCCCC. The summed E-state index contributed by atoms with van der Waals surface area (Å²) in [5, 5.41) is 0. The Bertz CT molecular complexity index is 335. The lowest BCUT2D eigenvalue weighted by Gasteiger charge is -2.45. The van der Waals surface area contributed by atoms with E-state index in [4.69, 9.17) is 9.47 Å². The molecule has 3 rings (SSSR count). The van der Waals surface area contributed by atoms with Gasteiger partial charge in [-0.15, -0.1) is 0 Å². The van der Waals surface area contributed by atoms with Crippen LogP contribution >= 0.6 is 0 Å². The van der Waals surface area contributed by atoms with Crippen molar-refractivity contribution in [2.75, 3.05) is 13.2 Å². The molecule has 2 atom stereocenters. The van der Waals surface area contributed by atoms with Crippen molar-refractivity contribution < 1.29 is 19.1 Å². The Morgan fingerprint density at radius 3 is 1.45 bits per heavy atom. The molecule has 22 heavy (non-hydrogen) atoms. The summed E-state index contributed by atoms with van der Waals surface area (Å²) in [6, 6.07) is 0. The van der Waals surface area contributed by atoms with Crippen LogP contribution in [0.4, 0.5) is 0 Å². The lowest BCUT2D eigenvalue weighted by Crippen LogP contribution is -2.48. The molecule has 0 aromatic heterocycles. The molecule has 0 heterocycles. The van der Waals surface area contributed by atoms with Crippen molar-refractivity contribution in [3.05, 3.63) is 0 Å². The minimum atomic E-state index is -0.265. The van der Waals surface area contributed by atoms with E-state index in [1.54, 1.807) is 0 Å². The first kappa shape index (κ1) is 17.3. The summed E-state index contributed by atoms with van der Waals surface area (Å²) >= 11 is 0. The lowest BCUT2D eigenvalue weighted by atomic mass is 9.58. The first-order valence-corrected chi connectivity index (χ1v) is 9.02. The third kappa shape index (κ3) is 4.02. The summed E-state index contributed by atoms with van der Waals surface area (Å²) in [5.41, 5.74) is 0. The first-order valence-electron chi connectivity index (χ1n) is 9.02. The van der Waals surface area contributed by atoms with Crippen molar-refractivity contribution in [2.24, 2.45) is 23.7 Å². The van der Waals surface area contributed by atoms with Crippen LogP contribution in [0, 0.1) is 23.7 Å². The maximum atomic E-state index is 12.5. The van der Waals surface area contributed by atoms with Crippen molar-refractivity contribution in [3.63, 3.8) is 0 Å². The largest absolute Gasteiger partial charge is 0.465 e. The predicted octanol–water partition coefficient (Wildman–Crippen LogP) is 3.73. The van der Waals surface area contributed by atoms with Crippen LogP contribution in [0.15, 0.2) is 0 Å². The first-order chi connectivity index (χ1) is 10.7. The van der Waals surface area contributed by atoms with Gasteiger partial charge in [0.15, 0.2) is 0 Å². The van der Waals surface area contributed by atoms with Gasteiger partial charge in [0.1, 0.15) is 0 Å². The Morgan fingerprint density at radius 1 is 0.773 bits per heavy atom. The summed E-state index contributed by atoms with van der Waals surface area (Å²) in [4.78, 5) is 25.0. The molecule has 3 aliphatic carbocycles. The molecule has 3 fully saturated rings.